The summed E-state index contributed by atoms with van der Waals surface area (Å²) in [5, 5.41) is 4.17. The van der Waals surface area contributed by atoms with Crippen LogP contribution in [-0.4, -0.2) is 10.5 Å². The quantitative estimate of drug-likeness (QED) is 0.844. The highest BCUT2D eigenvalue weighted by Gasteiger charge is 2.15. The number of hydrogen-bond donors (Lipinski definition) is 1. The molecule has 1 aromatic heterocycles. The zero-order valence-electron chi connectivity index (χ0n) is 12.1. The first-order chi connectivity index (χ1) is 9.26. The van der Waals surface area contributed by atoms with E-state index in [4.69, 9.17) is 0 Å². The molecule has 2 rings (SSSR count). The van der Waals surface area contributed by atoms with Crippen molar-refractivity contribution in [2.75, 3.05) is 0 Å². The molecule has 2 nitrogen and oxygen atoms in total. The van der Waals surface area contributed by atoms with Crippen LogP contribution in [0.25, 0.3) is 10.6 Å². The maximum absolute atomic E-state index is 13.9. The fourth-order valence-electron chi connectivity index (χ4n) is 1.71. The van der Waals surface area contributed by atoms with Crippen LogP contribution in [0.4, 0.5) is 4.39 Å². The summed E-state index contributed by atoms with van der Waals surface area (Å²) in [6.07, 6.45) is 0. The van der Waals surface area contributed by atoms with Crippen molar-refractivity contribution < 1.29 is 4.39 Å². The normalized spacial score (nSPS) is 11.9. The molecule has 1 N–H and O–H groups in total. The summed E-state index contributed by atoms with van der Waals surface area (Å²) in [7, 11) is 0. The molecule has 0 amide bonds. The molecule has 20 heavy (non-hydrogen) atoms. The van der Waals surface area contributed by atoms with Crippen molar-refractivity contribution in [3.63, 3.8) is 0 Å². The van der Waals surface area contributed by atoms with Crippen LogP contribution in [0.2, 0.25) is 0 Å². The molecule has 5 heteroatoms. The summed E-state index contributed by atoms with van der Waals surface area (Å²) >= 11 is 4.92. The third-order valence-corrected chi connectivity index (χ3v) is 4.51. The van der Waals surface area contributed by atoms with Crippen molar-refractivity contribution in [1.29, 1.82) is 0 Å². The van der Waals surface area contributed by atoms with E-state index in [1.54, 1.807) is 23.5 Å². The van der Waals surface area contributed by atoms with Gasteiger partial charge >= 0.3 is 0 Å². The van der Waals surface area contributed by atoms with E-state index in [0.717, 1.165) is 26.6 Å². The van der Waals surface area contributed by atoms with E-state index in [1.165, 1.54) is 6.07 Å². The fraction of sp³-hybridized carbons (Fsp3) is 0.400. The molecule has 1 heterocycles. The standard InChI is InChI=1S/C15H18BrFN2S/c1-9-13(8-18-15(2,3)4)20-14(19-9)11-7-10(16)5-6-12(11)17/h5-7,18H,8H2,1-4H3. The minimum Gasteiger partial charge on any atom is -0.307 e. The van der Waals surface area contributed by atoms with Gasteiger partial charge in [-0.15, -0.1) is 11.3 Å². The van der Waals surface area contributed by atoms with Crippen molar-refractivity contribution in [2.45, 2.75) is 39.8 Å². The Morgan fingerprint density at radius 1 is 1.35 bits per heavy atom. The number of aryl methyl sites for hydroxylation is 1. The molecule has 0 bridgehead atoms. The monoisotopic (exact) mass is 356 g/mol. The lowest BCUT2D eigenvalue weighted by Gasteiger charge is -2.19. The highest BCUT2D eigenvalue weighted by molar-refractivity contribution is 9.10. The number of aromatic nitrogens is 1. The first-order valence-corrected chi connectivity index (χ1v) is 8.04. The van der Waals surface area contributed by atoms with Crippen LogP contribution in [0.1, 0.15) is 31.3 Å². The minimum atomic E-state index is -0.239. The van der Waals surface area contributed by atoms with E-state index >= 15 is 0 Å². The van der Waals surface area contributed by atoms with Gasteiger partial charge in [-0.1, -0.05) is 15.9 Å². The van der Waals surface area contributed by atoms with Gasteiger partial charge in [0, 0.05) is 27.0 Å². The van der Waals surface area contributed by atoms with Crippen molar-refractivity contribution in [1.82, 2.24) is 10.3 Å². The highest BCUT2D eigenvalue weighted by atomic mass is 79.9. The van der Waals surface area contributed by atoms with Crippen LogP contribution >= 0.6 is 27.3 Å². The maximum atomic E-state index is 13.9. The Morgan fingerprint density at radius 2 is 2.05 bits per heavy atom. The molecule has 0 unspecified atom stereocenters. The average Bonchev–Trinajstić information content (AvgIpc) is 2.70. The molecule has 0 fully saturated rings. The number of nitrogens with zero attached hydrogens (tertiary/aromatic N) is 1. The van der Waals surface area contributed by atoms with Crippen LogP contribution in [-0.2, 0) is 6.54 Å². The van der Waals surface area contributed by atoms with Gasteiger partial charge < -0.3 is 5.32 Å². The minimum absolute atomic E-state index is 0.0532. The predicted octanol–water partition coefficient (Wildman–Crippen LogP) is 4.91. The lowest BCUT2D eigenvalue weighted by Crippen LogP contribution is -2.34. The van der Waals surface area contributed by atoms with Crippen LogP contribution in [0.15, 0.2) is 22.7 Å². The van der Waals surface area contributed by atoms with Crippen molar-refractivity contribution in [2.24, 2.45) is 0 Å². The number of thiazole rings is 1. The highest BCUT2D eigenvalue weighted by Crippen LogP contribution is 2.31. The van der Waals surface area contributed by atoms with Crippen LogP contribution < -0.4 is 5.32 Å². The molecule has 0 aliphatic carbocycles. The van der Waals surface area contributed by atoms with Crippen molar-refractivity contribution in [3.8, 4) is 10.6 Å². The summed E-state index contributed by atoms with van der Waals surface area (Å²) in [5.74, 6) is -0.239. The van der Waals surface area contributed by atoms with Gasteiger partial charge in [0.15, 0.2) is 0 Å². The smallest absolute Gasteiger partial charge is 0.133 e. The second kappa shape index (κ2) is 5.92. The fourth-order valence-corrected chi connectivity index (χ4v) is 3.10. The lowest BCUT2D eigenvalue weighted by molar-refractivity contribution is 0.425. The van der Waals surface area contributed by atoms with Crippen LogP contribution in [0.3, 0.4) is 0 Å². The molecule has 1 aromatic carbocycles. The zero-order valence-corrected chi connectivity index (χ0v) is 14.5. The summed E-state index contributed by atoms with van der Waals surface area (Å²) in [4.78, 5) is 5.65. The molecule has 2 aromatic rings. The first-order valence-electron chi connectivity index (χ1n) is 6.43. The van der Waals surface area contributed by atoms with Gasteiger partial charge in [-0.05, 0) is 45.9 Å². The van der Waals surface area contributed by atoms with E-state index in [2.05, 4.69) is 47.0 Å². The van der Waals surface area contributed by atoms with Gasteiger partial charge in [0.25, 0.3) is 0 Å². The molecule has 0 aliphatic rings. The zero-order chi connectivity index (χ0) is 14.9. The summed E-state index contributed by atoms with van der Waals surface area (Å²) in [6, 6.07) is 4.93. The number of halogens is 2. The first kappa shape index (κ1) is 15.6. The van der Waals surface area contributed by atoms with Gasteiger partial charge in [0.1, 0.15) is 10.8 Å². The SMILES string of the molecule is Cc1nc(-c2cc(Br)ccc2F)sc1CNC(C)(C)C. The maximum Gasteiger partial charge on any atom is 0.133 e. The molecule has 0 saturated carbocycles. The van der Waals surface area contributed by atoms with E-state index in [9.17, 15) is 4.39 Å². The van der Waals surface area contributed by atoms with E-state index in [-0.39, 0.29) is 11.4 Å². The Hall–Kier alpha value is -0.780. The van der Waals surface area contributed by atoms with E-state index in [0.29, 0.717) is 5.56 Å². The summed E-state index contributed by atoms with van der Waals surface area (Å²) < 4.78 is 14.8. The Labute approximate surface area is 131 Å². The largest absolute Gasteiger partial charge is 0.307 e. The molecule has 0 aliphatic heterocycles. The molecular formula is C15H18BrFN2S. The van der Waals surface area contributed by atoms with Crippen LogP contribution in [0.5, 0.6) is 0 Å². The van der Waals surface area contributed by atoms with Gasteiger partial charge in [-0.25, -0.2) is 9.37 Å². The second-order valence-corrected chi connectivity index (χ2v) is 7.75. The molecule has 108 valence electrons. The predicted molar refractivity (Wildman–Crippen MR) is 86.5 cm³/mol. The number of nitrogens with one attached hydrogen (secondary N) is 1. The number of hydrogen-bond acceptors (Lipinski definition) is 3. The van der Waals surface area contributed by atoms with Crippen molar-refractivity contribution in [3.05, 3.63) is 39.1 Å². The Morgan fingerprint density at radius 3 is 2.70 bits per heavy atom. The third kappa shape index (κ3) is 3.87. The number of benzene rings is 1. The van der Waals surface area contributed by atoms with Crippen LogP contribution in [0, 0.1) is 12.7 Å². The third-order valence-electron chi connectivity index (χ3n) is 2.83. The molecular weight excluding hydrogens is 339 g/mol. The lowest BCUT2D eigenvalue weighted by atomic mass is 10.1. The van der Waals surface area contributed by atoms with Crippen molar-refractivity contribution >= 4 is 27.3 Å². The number of rotatable bonds is 3. The molecule has 0 spiro atoms. The second-order valence-electron chi connectivity index (χ2n) is 5.76. The van der Waals surface area contributed by atoms with Gasteiger partial charge in [0.05, 0.1) is 5.69 Å². The van der Waals surface area contributed by atoms with E-state index < -0.39 is 0 Å². The Kier molecular flexibility index (Phi) is 4.62. The van der Waals surface area contributed by atoms with Gasteiger partial charge in [0.2, 0.25) is 0 Å². The topological polar surface area (TPSA) is 24.9 Å². The molecule has 0 radical (unpaired) electrons. The Balaban J connectivity index is 2.29. The van der Waals surface area contributed by atoms with E-state index in [1.807, 2.05) is 6.92 Å². The van der Waals surface area contributed by atoms with Gasteiger partial charge in [-0.3, -0.25) is 0 Å². The summed E-state index contributed by atoms with van der Waals surface area (Å²) in [6.45, 7) is 9.09. The molecule has 0 saturated heterocycles. The summed E-state index contributed by atoms with van der Waals surface area (Å²) in [5.41, 5.74) is 1.56. The molecule has 0 atom stereocenters. The average molecular weight is 357 g/mol. The van der Waals surface area contributed by atoms with Gasteiger partial charge in [-0.2, -0.15) is 0 Å². The Bertz CT molecular complexity index is 617.